The Balaban J connectivity index is 2.29. The fraction of sp³-hybridized carbons (Fsp3) is 0.897. The van der Waals surface area contributed by atoms with Gasteiger partial charge in [-0.1, -0.05) is 104 Å². The molecule has 0 aromatic rings. The van der Waals surface area contributed by atoms with Crippen molar-refractivity contribution >= 4 is 17.9 Å². The molecule has 0 aromatic heterocycles. The Morgan fingerprint density at radius 1 is 0.543 bits per heavy atom. The SMILES string of the molecule is CCCCCCCCCCOC(=O)C1CC(C(=O)O)CC(C(=O)OCCCCCCCCCC)C1. The predicted molar refractivity (Wildman–Crippen MR) is 139 cm³/mol. The first-order valence-corrected chi connectivity index (χ1v) is 14.6. The Kier molecular flexibility index (Phi) is 18.5. The fourth-order valence-corrected chi connectivity index (χ4v) is 4.96. The lowest BCUT2D eigenvalue weighted by atomic mass is 9.75. The van der Waals surface area contributed by atoms with E-state index in [2.05, 4.69) is 13.8 Å². The van der Waals surface area contributed by atoms with Gasteiger partial charge in [0.05, 0.1) is 31.0 Å². The number of carboxylic acids is 1. The zero-order valence-corrected chi connectivity index (χ0v) is 22.6. The molecule has 0 saturated heterocycles. The minimum absolute atomic E-state index is 0.243. The zero-order valence-electron chi connectivity index (χ0n) is 22.6. The van der Waals surface area contributed by atoms with Crippen LogP contribution in [0.2, 0.25) is 0 Å². The largest absolute Gasteiger partial charge is 0.481 e. The average Bonchev–Trinajstić information content (AvgIpc) is 2.86. The van der Waals surface area contributed by atoms with Crippen molar-refractivity contribution in [2.75, 3.05) is 13.2 Å². The molecule has 0 aromatic carbocycles. The lowest BCUT2D eigenvalue weighted by Gasteiger charge is -2.30. The minimum atomic E-state index is -0.952. The number of aliphatic carboxylic acids is 1. The van der Waals surface area contributed by atoms with Crippen molar-refractivity contribution in [3.8, 4) is 0 Å². The molecular weight excluding hydrogens is 444 g/mol. The van der Waals surface area contributed by atoms with E-state index >= 15 is 0 Å². The van der Waals surface area contributed by atoms with Crippen molar-refractivity contribution in [3.05, 3.63) is 0 Å². The molecule has 1 N–H and O–H groups in total. The minimum Gasteiger partial charge on any atom is -0.481 e. The number of rotatable bonds is 21. The first-order chi connectivity index (χ1) is 17.0. The monoisotopic (exact) mass is 496 g/mol. The molecule has 0 amide bonds. The number of carboxylic acid groups (broad SMARTS) is 1. The van der Waals surface area contributed by atoms with E-state index in [1.807, 2.05) is 0 Å². The van der Waals surface area contributed by atoms with Crippen LogP contribution in [0.4, 0.5) is 0 Å². The Morgan fingerprint density at radius 3 is 1.20 bits per heavy atom. The van der Waals surface area contributed by atoms with E-state index in [1.165, 1.54) is 64.2 Å². The van der Waals surface area contributed by atoms with Gasteiger partial charge in [0.15, 0.2) is 0 Å². The van der Waals surface area contributed by atoms with Crippen molar-refractivity contribution in [2.24, 2.45) is 17.8 Å². The highest BCUT2D eigenvalue weighted by Gasteiger charge is 2.40. The molecule has 1 aliphatic rings. The smallest absolute Gasteiger partial charge is 0.308 e. The van der Waals surface area contributed by atoms with E-state index in [0.717, 1.165) is 38.5 Å². The molecule has 0 heterocycles. The second-order valence-corrected chi connectivity index (χ2v) is 10.4. The van der Waals surface area contributed by atoms with Crippen LogP contribution in [-0.4, -0.2) is 36.2 Å². The van der Waals surface area contributed by atoms with Crippen molar-refractivity contribution < 1.29 is 29.0 Å². The normalized spacial score (nSPS) is 19.9. The number of hydrogen-bond acceptors (Lipinski definition) is 5. The second kappa shape index (κ2) is 20.6. The summed E-state index contributed by atoms with van der Waals surface area (Å²) in [6.45, 7) is 5.16. The van der Waals surface area contributed by atoms with Gasteiger partial charge in [0.1, 0.15) is 0 Å². The van der Waals surface area contributed by atoms with Crippen LogP contribution >= 0.6 is 0 Å². The van der Waals surface area contributed by atoms with Crippen LogP contribution in [0.15, 0.2) is 0 Å². The summed E-state index contributed by atoms with van der Waals surface area (Å²) in [5, 5.41) is 9.53. The number of unbranched alkanes of at least 4 members (excludes halogenated alkanes) is 14. The molecule has 0 bridgehead atoms. The van der Waals surface area contributed by atoms with Gasteiger partial charge in [0.25, 0.3) is 0 Å². The summed E-state index contributed by atoms with van der Waals surface area (Å²) in [6.07, 6.45) is 19.5. The van der Waals surface area contributed by atoms with Crippen molar-refractivity contribution in [1.82, 2.24) is 0 Å². The Morgan fingerprint density at radius 2 is 0.857 bits per heavy atom. The molecule has 1 saturated carbocycles. The highest BCUT2D eigenvalue weighted by Crippen LogP contribution is 2.35. The molecule has 1 rings (SSSR count). The van der Waals surface area contributed by atoms with Crippen molar-refractivity contribution in [2.45, 2.75) is 136 Å². The summed E-state index contributed by atoms with van der Waals surface area (Å²) >= 11 is 0. The van der Waals surface area contributed by atoms with E-state index in [9.17, 15) is 19.5 Å². The van der Waals surface area contributed by atoms with Crippen molar-refractivity contribution in [1.29, 1.82) is 0 Å². The lowest BCUT2D eigenvalue weighted by molar-refractivity contribution is -0.159. The number of carbonyl (C=O) groups excluding carboxylic acids is 2. The standard InChI is InChI=1S/C29H52O6/c1-3-5-7-9-11-13-15-17-19-34-28(32)25-21-24(27(30)31)22-26(23-25)29(33)35-20-18-16-14-12-10-8-6-4-2/h24-26H,3-23H2,1-2H3,(H,30,31). The van der Waals surface area contributed by atoms with E-state index in [1.54, 1.807) is 0 Å². The maximum atomic E-state index is 12.6. The van der Waals surface area contributed by atoms with Gasteiger partial charge in [0, 0.05) is 0 Å². The van der Waals surface area contributed by atoms with Crippen LogP contribution in [0, 0.1) is 17.8 Å². The quantitative estimate of drug-likeness (QED) is 0.131. The molecule has 6 nitrogen and oxygen atoms in total. The topological polar surface area (TPSA) is 89.9 Å². The van der Waals surface area contributed by atoms with Gasteiger partial charge in [0.2, 0.25) is 0 Å². The van der Waals surface area contributed by atoms with Crippen LogP contribution in [-0.2, 0) is 23.9 Å². The number of hydrogen-bond donors (Lipinski definition) is 1. The van der Waals surface area contributed by atoms with Crippen LogP contribution < -0.4 is 0 Å². The summed E-state index contributed by atoms with van der Waals surface area (Å²) in [6, 6.07) is 0. The molecule has 1 fully saturated rings. The van der Waals surface area contributed by atoms with Crippen LogP contribution in [0.1, 0.15) is 136 Å². The molecule has 6 heteroatoms. The predicted octanol–water partition coefficient (Wildman–Crippen LogP) is 7.47. The van der Waals surface area contributed by atoms with Crippen LogP contribution in [0.25, 0.3) is 0 Å². The molecule has 0 radical (unpaired) electrons. The third-order valence-electron chi connectivity index (χ3n) is 7.21. The summed E-state index contributed by atoms with van der Waals surface area (Å²) in [7, 11) is 0. The Labute approximate surface area is 213 Å². The van der Waals surface area contributed by atoms with E-state index in [0.29, 0.717) is 19.6 Å². The summed E-state index contributed by atoms with van der Waals surface area (Å²) in [4.78, 5) is 36.8. The summed E-state index contributed by atoms with van der Waals surface area (Å²) < 4.78 is 10.9. The average molecular weight is 497 g/mol. The second-order valence-electron chi connectivity index (χ2n) is 10.4. The van der Waals surface area contributed by atoms with Crippen LogP contribution in [0.3, 0.4) is 0 Å². The molecule has 0 spiro atoms. The highest BCUT2D eigenvalue weighted by molar-refractivity contribution is 5.79. The van der Waals surface area contributed by atoms with Gasteiger partial charge in [-0.05, 0) is 32.1 Å². The van der Waals surface area contributed by atoms with E-state index < -0.39 is 23.7 Å². The highest BCUT2D eigenvalue weighted by atomic mass is 16.5. The van der Waals surface area contributed by atoms with Gasteiger partial charge >= 0.3 is 17.9 Å². The third kappa shape index (κ3) is 15.2. The third-order valence-corrected chi connectivity index (χ3v) is 7.21. The van der Waals surface area contributed by atoms with Gasteiger partial charge in [-0.3, -0.25) is 14.4 Å². The maximum absolute atomic E-state index is 12.6. The number of esters is 2. The summed E-state index contributed by atoms with van der Waals surface area (Å²) in [5.41, 5.74) is 0. The van der Waals surface area contributed by atoms with Gasteiger partial charge in [-0.15, -0.1) is 0 Å². The molecule has 1 aliphatic carbocycles. The van der Waals surface area contributed by atoms with Crippen molar-refractivity contribution in [3.63, 3.8) is 0 Å². The summed E-state index contributed by atoms with van der Waals surface area (Å²) in [5.74, 6) is -3.46. The van der Waals surface area contributed by atoms with E-state index in [4.69, 9.17) is 9.47 Å². The molecule has 0 aliphatic heterocycles. The molecule has 2 atom stereocenters. The molecular formula is C29H52O6. The van der Waals surface area contributed by atoms with Crippen LogP contribution in [0.5, 0.6) is 0 Å². The van der Waals surface area contributed by atoms with Gasteiger partial charge < -0.3 is 14.6 Å². The van der Waals surface area contributed by atoms with Gasteiger partial charge in [-0.2, -0.15) is 0 Å². The Bertz CT molecular complexity index is 534. The Hall–Kier alpha value is -1.59. The zero-order chi connectivity index (χ0) is 25.7. The lowest BCUT2D eigenvalue weighted by Crippen LogP contribution is -2.36. The maximum Gasteiger partial charge on any atom is 0.308 e. The van der Waals surface area contributed by atoms with Gasteiger partial charge in [-0.25, -0.2) is 0 Å². The first kappa shape index (κ1) is 31.4. The molecule has 2 unspecified atom stereocenters. The van der Waals surface area contributed by atoms with E-state index in [-0.39, 0.29) is 24.8 Å². The number of carbonyl (C=O) groups is 3. The fourth-order valence-electron chi connectivity index (χ4n) is 4.96. The molecule has 204 valence electrons. The first-order valence-electron chi connectivity index (χ1n) is 14.6. The molecule has 35 heavy (non-hydrogen) atoms. The number of ether oxygens (including phenoxy) is 2.